The van der Waals surface area contributed by atoms with Crippen molar-refractivity contribution in [2.45, 2.75) is 12.8 Å². The van der Waals surface area contributed by atoms with Crippen molar-refractivity contribution in [3.8, 4) is 0 Å². The molecule has 1 aromatic heterocycles. The molecule has 3 nitrogen and oxygen atoms in total. The highest BCUT2D eigenvalue weighted by Gasteiger charge is 2.08. The predicted molar refractivity (Wildman–Crippen MR) is 90.1 cm³/mol. The van der Waals surface area contributed by atoms with E-state index in [1.54, 1.807) is 18.3 Å². The summed E-state index contributed by atoms with van der Waals surface area (Å²) in [4.78, 5) is 17.3. The number of amides is 1. The molecule has 116 valence electrons. The van der Waals surface area contributed by atoms with Gasteiger partial charge in [0.2, 0.25) is 5.91 Å². The molecule has 23 heavy (non-hydrogen) atoms. The largest absolute Gasteiger partial charge is 0.302 e. The SMILES string of the molecule is O=C(Cc1cccc(F)c1)Nc1ncc(Cc2ccccc2)s1. The lowest BCUT2D eigenvalue weighted by Gasteiger charge is -2.02. The number of benzene rings is 2. The average Bonchev–Trinajstić information content (AvgIpc) is 2.95. The number of nitrogens with zero attached hydrogens (tertiary/aromatic N) is 1. The number of hydrogen-bond acceptors (Lipinski definition) is 3. The average molecular weight is 326 g/mol. The number of nitrogens with one attached hydrogen (secondary N) is 1. The van der Waals surface area contributed by atoms with Crippen LogP contribution >= 0.6 is 11.3 Å². The van der Waals surface area contributed by atoms with E-state index in [1.165, 1.54) is 29.0 Å². The van der Waals surface area contributed by atoms with E-state index < -0.39 is 0 Å². The Morgan fingerprint density at radius 3 is 2.65 bits per heavy atom. The van der Waals surface area contributed by atoms with E-state index >= 15 is 0 Å². The number of thiazole rings is 1. The highest BCUT2D eigenvalue weighted by Crippen LogP contribution is 2.21. The lowest BCUT2D eigenvalue weighted by Crippen LogP contribution is -2.14. The minimum atomic E-state index is -0.338. The van der Waals surface area contributed by atoms with Gasteiger partial charge in [-0.15, -0.1) is 11.3 Å². The molecule has 2 aromatic carbocycles. The maximum Gasteiger partial charge on any atom is 0.230 e. The normalized spacial score (nSPS) is 10.5. The molecule has 0 fully saturated rings. The fraction of sp³-hybridized carbons (Fsp3) is 0.111. The third-order valence-electron chi connectivity index (χ3n) is 3.27. The van der Waals surface area contributed by atoms with Gasteiger partial charge in [-0.25, -0.2) is 9.37 Å². The van der Waals surface area contributed by atoms with Crippen LogP contribution in [0.25, 0.3) is 0 Å². The summed E-state index contributed by atoms with van der Waals surface area (Å²) < 4.78 is 13.1. The van der Waals surface area contributed by atoms with Crippen molar-refractivity contribution in [2.24, 2.45) is 0 Å². The maximum absolute atomic E-state index is 13.1. The number of hydrogen-bond donors (Lipinski definition) is 1. The maximum atomic E-state index is 13.1. The van der Waals surface area contributed by atoms with E-state index in [-0.39, 0.29) is 18.1 Å². The van der Waals surface area contributed by atoms with Crippen LogP contribution in [-0.4, -0.2) is 10.9 Å². The predicted octanol–water partition coefficient (Wildman–Crippen LogP) is 4.05. The van der Waals surface area contributed by atoms with Crippen LogP contribution in [0.4, 0.5) is 9.52 Å². The second-order valence-electron chi connectivity index (χ2n) is 5.15. The fourth-order valence-electron chi connectivity index (χ4n) is 2.24. The first-order valence-electron chi connectivity index (χ1n) is 7.22. The Morgan fingerprint density at radius 2 is 1.87 bits per heavy atom. The molecule has 1 N–H and O–H groups in total. The first kappa shape index (κ1) is 15.4. The van der Waals surface area contributed by atoms with Gasteiger partial charge in [-0.3, -0.25) is 4.79 Å². The van der Waals surface area contributed by atoms with Crippen molar-refractivity contribution >= 4 is 22.4 Å². The smallest absolute Gasteiger partial charge is 0.230 e. The monoisotopic (exact) mass is 326 g/mol. The van der Waals surface area contributed by atoms with Crippen LogP contribution in [0.3, 0.4) is 0 Å². The first-order valence-corrected chi connectivity index (χ1v) is 8.03. The molecule has 0 unspecified atom stereocenters. The molecule has 0 aliphatic heterocycles. The molecule has 1 amide bonds. The number of rotatable bonds is 5. The van der Waals surface area contributed by atoms with Crippen molar-refractivity contribution in [2.75, 3.05) is 5.32 Å². The molecule has 0 aliphatic rings. The number of anilines is 1. The molecule has 1 heterocycles. The van der Waals surface area contributed by atoms with Gasteiger partial charge in [0.1, 0.15) is 5.82 Å². The van der Waals surface area contributed by atoms with Crippen LogP contribution in [0.1, 0.15) is 16.0 Å². The number of carbonyl (C=O) groups is 1. The summed E-state index contributed by atoms with van der Waals surface area (Å²) in [5, 5.41) is 3.33. The van der Waals surface area contributed by atoms with E-state index in [2.05, 4.69) is 22.4 Å². The second-order valence-corrected chi connectivity index (χ2v) is 6.26. The summed E-state index contributed by atoms with van der Waals surface area (Å²) in [6.07, 6.45) is 2.69. The van der Waals surface area contributed by atoms with Gasteiger partial charge in [0, 0.05) is 17.5 Å². The fourth-order valence-corrected chi connectivity index (χ4v) is 3.10. The molecule has 3 aromatic rings. The molecular formula is C18H15FN2OS. The van der Waals surface area contributed by atoms with Crippen LogP contribution in [-0.2, 0) is 17.6 Å². The van der Waals surface area contributed by atoms with Crippen molar-refractivity contribution < 1.29 is 9.18 Å². The van der Waals surface area contributed by atoms with E-state index in [1.807, 2.05) is 18.2 Å². The van der Waals surface area contributed by atoms with Crippen LogP contribution in [0, 0.1) is 5.82 Å². The molecule has 0 saturated carbocycles. The third kappa shape index (κ3) is 4.47. The Morgan fingerprint density at radius 1 is 1.09 bits per heavy atom. The zero-order chi connectivity index (χ0) is 16.1. The molecule has 0 saturated heterocycles. The van der Waals surface area contributed by atoms with Crippen LogP contribution in [0.2, 0.25) is 0 Å². The molecule has 0 spiro atoms. The van der Waals surface area contributed by atoms with Gasteiger partial charge in [-0.2, -0.15) is 0 Å². The summed E-state index contributed by atoms with van der Waals surface area (Å²) in [7, 11) is 0. The molecular weight excluding hydrogens is 311 g/mol. The van der Waals surface area contributed by atoms with Crippen LogP contribution in [0.5, 0.6) is 0 Å². The van der Waals surface area contributed by atoms with Gasteiger partial charge in [0.15, 0.2) is 5.13 Å². The van der Waals surface area contributed by atoms with E-state index in [9.17, 15) is 9.18 Å². The molecule has 0 bridgehead atoms. The van der Waals surface area contributed by atoms with Crippen LogP contribution in [0.15, 0.2) is 60.8 Å². The minimum Gasteiger partial charge on any atom is -0.302 e. The Hall–Kier alpha value is -2.53. The topological polar surface area (TPSA) is 42.0 Å². The highest BCUT2D eigenvalue weighted by atomic mass is 32.1. The number of halogens is 1. The van der Waals surface area contributed by atoms with E-state index in [4.69, 9.17) is 0 Å². The Bertz CT molecular complexity index is 802. The van der Waals surface area contributed by atoms with Gasteiger partial charge in [-0.1, -0.05) is 42.5 Å². The van der Waals surface area contributed by atoms with Crippen molar-refractivity contribution in [1.82, 2.24) is 4.98 Å². The summed E-state index contributed by atoms with van der Waals surface area (Å²) in [6, 6.07) is 16.1. The standard InChI is InChI=1S/C18H15FN2OS/c19-15-8-4-7-14(9-15)11-17(22)21-18-20-12-16(23-18)10-13-5-2-1-3-6-13/h1-9,12H,10-11H2,(H,20,21,22). The summed E-state index contributed by atoms with van der Waals surface area (Å²) in [5.41, 5.74) is 1.84. The highest BCUT2D eigenvalue weighted by molar-refractivity contribution is 7.15. The Kier molecular flexibility index (Phi) is 4.78. The minimum absolute atomic E-state index is 0.130. The number of carbonyl (C=O) groups excluding carboxylic acids is 1. The molecule has 3 rings (SSSR count). The lowest BCUT2D eigenvalue weighted by molar-refractivity contribution is -0.115. The zero-order valence-electron chi connectivity index (χ0n) is 12.3. The lowest BCUT2D eigenvalue weighted by atomic mass is 10.1. The van der Waals surface area contributed by atoms with Gasteiger partial charge < -0.3 is 5.32 Å². The van der Waals surface area contributed by atoms with E-state index in [0.717, 1.165) is 11.3 Å². The Labute approximate surface area is 137 Å². The van der Waals surface area contributed by atoms with Gasteiger partial charge >= 0.3 is 0 Å². The third-order valence-corrected chi connectivity index (χ3v) is 4.19. The summed E-state index contributed by atoms with van der Waals surface area (Å²) in [6.45, 7) is 0. The molecule has 0 radical (unpaired) electrons. The van der Waals surface area contributed by atoms with E-state index in [0.29, 0.717) is 10.7 Å². The van der Waals surface area contributed by atoms with Gasteiger partial charge in [-0.05, 0) is 23.3 Å². The van der Waals surface area contributed by atoms with Gasteiger partial charge in [0.05, 0.1) is 6.42 Å². The molecule has 0 atom stereocenters. The van der Waals surface area contributed by atoms with Crippen molar-refractivity contribution in [1.29, 1.82) is 0 Å². The quantitative estimate of drug-likeness (QED) is 0.768. The van der Waals surface area contributed by atoms with Gasteiger partial charge in [0.25, 0.3) is 0 Å². The second kappa shape index (κ2) is 7.15. The van der Waals surface area contributed by atoms with Crippen molar-refractivity contribution in [3.63, 3.8) is 0 Å². The molecule has 0 aliphatic carbocycles. The number of aromatic nitrogens is 1. The zero-order valence-corrected chi connectivity index (χ0v) is 13.1. The summed E-state index contributed by atoms with van der Waals surface area (Å²) in [5.74, 6) is -0.536. The van der Waals surface area contributed by atoms with Crippen LogP contribution < -0.4 is 5.32 Å². The first-order chi connectivity index (χ1) is 11.2. The Balaban J connectivity index is 1.59. The summed E-state index contributed by atoms with van der Waals surface area (Å²) >= 11 is 1.45. The van der Waals surface area contributed by atoms with Crippen molar-refractivity contribution in [3.05, 3.63) is 82.6 Å². The molecule has 5 heteroatoms.